The molecule has 0 saturated carbocycles. The van der Waals surface area contributed by atoms with Crippen LogP contribution in [-0.2, 0) is 32.2 Å². The summed E-state index contributed by atoms with van der Waals surface area (Å²) in [6.07, 6.45) is -5.43. The van der Waals surface area contributed by atoms with Crippen LogP contribution in [0.1, 0.15) is 34.8 Å². The van der Waals surface area contributed by atoms with Gasteiger partial charge in [0.05, 0.1) is 29.1 Å². The molecule has 0 bridgehead atoms. The summed E-state index contributed by atoms with van der Waals surface area (Å²) in [5.41, 5.74) is -8.31. The number of Topliss-reactive ketones (excluding diaryl/α,β-unsaturated/α-hetero) is 3. The SMILES string of the molecule is CC(=O)C1=C(O)[C@@H](N(C)C)[C@@H]2C[C@@H]3Cc4c(C(F)(F)F)cc(NS(C)(=O)=O)c(O)c4C(=O)C3=C(O)[C@]2(O)C1=O. The van der Waals surface area contributed by atoms with Crippen molar-refractivity contribution in [3.05, 3.63) is 45.4 Å². The number of allylic oxidation sites excluding steroid dienone is 1. The first kappa shape index (κ1) is 28.6. The van der Waals surface area contributed by atoms with E-state index < -0.39 is 114 Å². The third-order valence-corrected chi connectivity index (χ3v) is 8.02. The Bertz CT molecular complexity index is 1510. The van der Waals surface area contributed by atoms with Gasteiger partial charge in [-0.2, -0.15) is 13.2 Å². The summed E-state index contributed by atoms with van der Waals surface area (Å²) >= 11 is 0. The molecule has 4 atom stereocenters. The van der Waals surface area contributed by atoms with Gasteiger partial charge >= 0.3 is 6.18 Å². The molecule has 3 aliphatic carbocycles. The van der Waals surface area contributed by atoms with E-state index in [4.69, 9.17) is 0 Å². The number of phenols is 1. The quantitative estimate of drug-likeness (QED) is 0.262. The van der Waals surface area contributed by atoms with E-state index in [-0.39, 0.29) is 6.42 Å². The summed E-state index contributed by atoms with van der Waals surface area (Å²) in [5, 5.41) is 44.3. The molecule has 0 amide bonds. The summed E-state index contributed by atoms with van der Waals surface area (Å²) in [5.74, 6) is -9.28. The highest BCUT2D eigenvalue weighted by Gasteiger charge is 2.63. The Kier molecular flexibility index (Phi) is 6.44. The number of sulfonamides is 1. The smallest absolute Gasteiger partial charge is 0.416 e. The molecule has 15 heteroatoms. The van der Waals surface area contributed by atoms with E-state index in [9.17, 15) is 56.4 Å². The molecule has 0 aromatic heterocycles. The van der Waals surface area contributed by atoms with E-state index >= 15 is 0 Å². The van der Waals surface area contributed by atoms with Gasteiger partial charge in [0.1, 0.15) is 17.1 Å². The van der Waals surface area contributed by atoms with E-state index in [0.29, 0.717) is 12.3 Å². The molecule has 0 heterocycles. The predicted octanol–water partition coefficient (Wildman–Crippen LogP) is 1.61. The van der Waals surface area contributed by atoms with Gasteiger partial charge in [-0.25, -0.2) is 8.42 Å². The lowest BCUT2D eigenvalue weighted by atomic mass is 9.58. The number of aliphatic hydroxyl groups excluding tert-OH is 2. The Labute approximate surface area is 220 Å². The second kappa shape index (κ2) is 8.79. The fourth-order valence-corrected chi connectivity index (χ4v) is 6.51. The number of likely N-dealkylation sites (N-methyl/N-ethyl adjacent to an activating group) is 1. The Morgan fingerprint density at radius 1 is 1.18 bits per heavy atom. The van der Waals surface area contributed by atoms with Gasteiger partial charge in [-0.3, -0.25) is 24.0 Å². The van der Waals surface area contributed by atoms with Crippen LogP contribution in [0.2, 0.25) is 0 Å². The Morgan fingerprint density at radius 2 is 1.77 bits per heavy atom. The van der Waals surface area contributed by atoms with Crippen LogP contribution in [0.5, 0.6) is 5.75 Å². The van der Waals surface area contributed by atoms with E-state index in [1.807, 2.05) is 0 Å². The number of fused-ring (bicyclic) bond motifs is 3. The lowest BCUT2D eigenvalue weighted by Crippen LogP contribution is -2.63. The van der Waals surface area contributed by atoms with Gasteiger partial charge in [-0.05, 0) is 51.4 Å². The zero-order valence-electron chi connectivity index (χ0n) is 21.0. The monoisotopic (exact) mass is 574 g/mol. The Morgan fingerprint density at radius 3 is 2.26 bits per heavy atom. The average molecular weight is 575 g/mol. The molecule has 0 fully saturated rings. The van der Waals surface area contributed by atoms with E-state index in [2.05, 4.69) is 0 Å². The Hall–Kier alpha value is -3.43. The first-order valence-electron chi connectivity index (χ1n) is 11.5. The van der Waals surface area contributed by atoms with Crippen LogP contribution in [0, 0.1) is 11.8 Å². The van der Waals surface area contributed by atoms with Crippen molar-refractivity contribution in [3.63, 3.8) is 0 Å². The van der Waals surface area contributed by atoms with Crippen molar-refractivity contribution in [2.75, 3.05) is 25.1 Å². The minimum atomic E-state index is -5.09. The van der Waals surface area contributed by atoms with Gasteiger partial charge in [0.2, 0.25) is 15.8 Å². The minimum Gasteiger partial charge on any atom is -0.510 e. The first-order valence-corrected chi connectivity index (χ1v) is 13.4. The van der Waals surface area contributed by atoms with E-state index in [1.165, 1.54) is 19.0 Å². The Balaban J connectivity index is 2.02. The first-order chi connectivity index (χ1) is 17.7. The number of hydrogen-bond acceptors (Lipinski definition) is 10. The number of alkyl halides is 3. The van der Waals surface area contributed by atoms with Crippen molar-refractivity contribution in [1.82, 2.24) is 4.90 Å². The number of benzene rings is 1. The van der Waals surface area contributed by atoms with Crippen molar-refractivity contribution in [3.8, 4) is 5.75 Å². The molecule has 1 aromatic rings. The molecule has 0 radical (unpaired) electrons. The molecule has 0 saturated heterocycles. The highest BCUT2D eigenvalue weighted by Crippen LogP contribution is 2.54. The molecule has 0 aliphatic heterocycles. The highest BCUT2D eigenvalue weighted by atomic mass is 32.2. The third-order valence-electron chi connectivity index (χ3n) is 7.43. The van der Waals surface area contributed by atoms with Crippen LogP contribution in [0.15, 0.2) is 28.7 Å². The van der Waals surface area contributed by atoms with Crippen LogP contribution >= 0.6 is 0 Å². The summed E-state index contributed by atoms with van der Waals surface area (Å²) in [4.78, 5) is 40.5. The number of rotatable bonds is 4. The number of phenolic OH excluding ortho intramolecular Hbond substituents is 1. The lowest BCUT2D eigenvalue weighted by molar-refractivity contribution is -0.148. The minimum absolute atomic E-state index is 0.358. The lowest BCUT2D eigenvalue weighted by Gasteiger charge is -2.50. The number of hydrogen-bond donors (Lipinski definition) is 5. The van der Waals surface area contributed by atoms with Gasteiger partial charge in [0.25, 0.3) is 0 Å². The van der Waals surface area contributed by atoms with Crippen molar-refractivity contribution in [1.29, 1.82) is 0 Å². The maximum Gasteiger partial charge on any atom is 0.416 e. The number of aromatic hydroxyl groups is 1. The second-order valence-electron chi connectivity index (χ2n) is 10.2. The highest BCUT2D eigenvalue weighted by molar-refractivity contribution is 7.92. The normalized spacial score (nSPS) is 27.4. The van der Waals surface area contributed by atoms with Gasteiger partial charge in [0, 0.05) is 11.5 Å². The molecule has 4 rings (SSSR count). The molecule has 0 unspecified atom stereocenters. The maximum atomic E-state index is 14.1. The average Bonchev–Trinajstić information content (AvgIpc) is 2.76. The predicted molar refractivity (Wildman–Crippen MR) is 129 cm³/mol. The summed E-state index contributed by atoms with van der Waals surface area (Å²) in [6, 6.07) is -0.875. The summed E-state index contributed by atoms with van der Waals surface area (Å²) in [6.45, 7) is 0.949. The zero-order chi connectivity index (χ0) is 29.6. The maximum absolute atomic E-state index is 14.1. The van der Waals surface area contributed by atoms with Crippen molar-refractivity contribution < 1.29 is 56.4 Å². The third kappa shape index (κ3) is 4.19. The molecular formula is C24H25F3N2O9S. The summed E-state index contributed by atoms with van der Waals surface area (Å²) < 4.78 is 67.4. The van der Waals surface area contributed by atoms with E-state index in [1.54, 1.807) is 4.72 Å². The standard InChI is InChI=1S/C24H25F3N2O9S/c1-8(30)14-20(33)17(29(2)3)12-6-9-5-10-11(24(25,26)27)7-13(28-39(4,37)38)18(31)16(10)19(32)15(9)22(35)23(12,36)21(14)34/h7,9,12,17,28,31,33,35-36H,5-6H2,1-4H3/t9-,12-,17-,23+/m0/s1. The van der Waals surface area contributed by atoms with Crippen molar-refractivity contribution in [2.45, 2.75) is 37.6 Å². The van der Waals surface area contributed by atoms with Crippen LogP contribution in [0.3, 0.4) is 0 Å². The number of anilines is 1. The molecule has 39 heavy (non-hydrogen) atoms. The topological polar surface area (TPSA) is 182 Å². The number of carbonyl (C=O) groups excluding carboxylic acids is 3. The molecular weight excluding hydrogens is 549 g/mol. The number of nitrogens with zero attached hydrogens (tertiary/aromatic N) is 1. The van der Waals surface area contributed by atoms with Crippen LogP contribution in [0.4, 0.5) is 18.9 Å². The zero-order valence-corrected chi connectivity index (χ0v) is 21.9. The molecule has 5 N–H and O–H groups in total. The summed E-state index contributed by atoms with van der Waals surface area (Å²) in [7, 11) is -1.31. The number of nitrogens with one attached hydrogen (secondary N) is 1. The number of carbonyl (C=O) groups is 3. The van der Waals surface area contributed by atoms with Crippen LogP contribution in [0.25, 0.3) is 0 Å². The van der Waals surface area contributed by atoms with Gasteiger partial charge in [-0.1, -0.05) is 0 Å². The number of aliphatic hydroxyl groups is 3. The number of ketones is 3. The van der Waals surface area contributed by atoms with Gasteiger partial charge in [0.15, 0.2) is 22.9 Å². The van der Waals surface area contributed by atoms with Crippen molar-refractivity contribution in [2.24, 2.45) is 11.8 Å². The molecule has 212 valence electrons. The second-order valence-corrected chi connectivity index (χ2v) is 11.9. The van der Waals surface area contributed by atoms with Crippen LogP contribution < -0.4 is 4.72 Å². The van der Waals surface area contributed by atoms with E-state index in [0.717, 1.165) is 6.92 Å². The fourth-order valence-electron chi connectivity index (χ4n) is 5.95. The van der Waals surface area contributed by atoms with Crippen LogP contribution in [-0.4, -0.2) is 83.1 Å². The van der Waals surface area contributed by atoms with Gasteiger partial charge < -0.3 is 20.4 Å². The largest absolute Gasteiger partial charge is 0.510 e. The van der Waals surface area contributed by atoms with Gasteiger partial charge in [-0.15, -0.1) is 0 Å². The fraction of sp³-hybridized carbons (Fsp3) is 0.458. The molecule has 0 spiro atoms. The van der Waals surface area contributed by atoms with Crippen molar-refractivity contribution >= 4 is 33.1 Å². The molecule has 3 aliphatic rings. The number of halogens is 3. The molecule has 11 nitrogen and oxygen atoms in total. The molecule has 1 aromatic carbocycles.